The quantitative estimate of drug-likeness (QED) is 0.273. The van der Waals surface area contributed by atoms with E-state index < -0.39 is 10.7 Å². The van der Waals surface area contributed by atoms with Crippen molar-refractivity contribution in [2.75, 3.05) is 0 Å². The zero-order chi connectivity index (χ0) is 17.0. The van der Waals surface area contributed by atoms with E-state index in [1.54, 1.807) is 31.2 Å². The number of ketones is 1. The summed E-state index contributed by atoms with van der Waals surface area (Å²) in [7, 11) is 0. The van der Waals surface area contributed by atoms with E-state index in [2.05, 4.69) is 0 Å². The summed E-state index contributed by atoms with van der Waals surface area (Å²) in [5.41, 5.74) is 1.33. The van der Waals surface area contributed by atoms with Crippen LogP contribution in [0.5, 0.6) is 0 Å². The molecular formula is C17H11ClN2O3. The molecule has 6 heteroatoms. The molecular weight excluding hydrogens is 316 g/mol. The number of benzene rings is 2. The Kier molecular flexibility index (Phi) is 4.89. The number of nitriles is 1. The van der Waals surface area contributed by atoms with Gasteiger partial charge in [0.15, 0.2) is 0 Å². The number of hydrogen-bond donors (Lipinski definition) is 0. The molecule has 0 radical (unpaired) electrons. The molecule has 0 N–H and O–H groups in total. The number of non-ortho nitro benzene ring substituents is 1. The van der Waals surface area contributed by atoms with Crippen molar-refractivity contribution in [1.82, 2.24) is 0 Å². The number of allylic oxidation sites excluding steroid dienone is 2. The molecule has 0 saturated heterocycles. The van der Waals surface area contributed by atoms with Gasteiger partial charge in [-0.15, -0.1) is 0 Å². The topological polar surface area (TPSA) is 84.0 Å². The van der Waals surface area contributed by atoms with Crippen LogP contribution >= 0.6 is 11.6 Å². The number of nitrogens with zero attached hydrogens (tertiary/aromatic N) is 2. The maximum Gasteiger partial charge on any atom is 0.269 e. The highest BCUT2D eigenvalue weighted by atomic mass is 35.5. The molecule has 5 nitrogen and oxygen atoms in total. The second-order valence-corrected chi connectivity index (χ2v) is 5.19. The fourth-order valence-electron chi connectivity index (χ4n) is 2.03. The van der Waals surface area contributed by atoms with Gasteiger partial charge in [0, 0.05) is 22.7 Å². The SMILES string of the molecule is C/C(=C(\C#N)C(=O)c1ccc(Cl)cc1)c1ccc([N+](=O)[O-])cc1. The van der Waals surface area contributed by atoms with E-state index in [-0.39, 0.29) is 11.3 Å². The van der Waals surface area contributed by atoms with Crippen LogP contribution in [0.15, 0.2) is 54.1 Å². The first-order valence-electron chi connectivity index (χ1n) is 6.60. The normalized spacial score (nSPS) is 11.3. The summed E-state index contributed by atoms with van der Waals surface area (Å²) in [4.78, 5) is 22.6. The van der Waals surface area contributed by atoms with Crippen LogP contribution in [0.3, 0.4) is 0 Å². The highest BCUT2D eigenvalue weighted by Crippen LogP contribution is 2.23. The molecule has 2 aromatic carbocycles. The maximum atomic E-state index is 12.4. The predicted octanol–water partition coefficient (Wildman–Crippen LogP) is 4.43. The van der Waals surface area contributed by atoms with Crippen molar-refractivity contribution in [2.24, 2.45) is 0 Å². The van der Waals surface area contributed by atoms with Gasteiger partial charge in [-0.3, -0.25) is 14.9 Å². The predicted molar refractivity (Wildman–Crippen MR) is 87.1 cm³/mol. The van der Waals surface area contributed by atoms with Gasteiger partial charge >= 0.3 is 0 Å². The molecule has 0 saturated carbocycles. The number of halogens is 1. The van der Waals surface area contributed by atoms with Crippen LogP contribution in [-0.2, 0) is 0 Å². The molecule has 2 rings (SSSR count). The Balaban J connectivity index is 2.42. The third kappa shape index (κ3) is 3.62. The lowest BCUT2D eigenvalue weighted by atomic mass is 9.96. The Bertz CT molecular complexity index is 832. The molecule has 2 aromatic rings. The van der Waals surface area contributed by atoms with Crippen molar-refractivity contribution >= 4 is 28.6 Å². The van der Waals surface area contributed by atoms with Crippen LogP contribution in [0.4, 0.5) is 5.69 Å². The lowest BCUT2D eigenvalue weighted by Gasteiger charge is -2.06. The minimum Gasteiger partial charge on any atom is -0.288 e. The number of nitro groups is 1. The van der Waals surface area contributed by atoms with Gasteiger partial charge in [0.25, 0.3) is 5.69 Å². The highest BCUT2D eigenvalue weighted by Gasteiger charge is 2.16. The third-order valence-electron chi connectivity index (χ3n) is 3.33. The van der Waals surface area contributed by atoms with Crippen molar-refractivity contribution in [3.8, 4) is 6.07 Å². The second-order valence-electron chi connectivity index (χ2n) is 4.75. The van der Waals surface area contributed by atoms with Gasteiger partial charge < -0.3 is 0 Å². The van der Waals surface area contributed by atoms with E-state index in [0.29, 0.717) is 21.7 Å². The Morgan fingerprint density at radius 3 is 2.09 bits per heavy atom. The summed E-state index contributed by atoms with van der Waals surface area (Å²) in [6, 6.07) is 13.9. The first-order valence-corrected chi connectivity index (χ1v) is 6.98. The van der Waals surface area contributed by atoms with E-state index in [1.165, 1.54) is 24.3 Å². The molecule has 0 amide bonds. The Morgan fingerprint density at radius 1 is 1.09 bits per heavy atom. The first kappa shape index (κ1) is 16.4. The number of nitro benzene ring substituents is 1. The lowest BCUT2D eigenvalue weighted by Crippen LogP contribution is -2.04. The van der Waals surface area contributed by atoms with Crippen LogP contribution in [0.2, 0.25) is 5.02 Å². The summed E-state index contributed by atoms with van der Waals surface area (Å²) >= 11 is 5.79. The van der Waals surface area contributed by atoms with E-state index in [1.807, 2.05) is 6.07 Å². The average Bonchev–Trinajstić information content (AvgIpc) is 2.56. The first-order chi connectivity index (χ1) is 10.9. The third-order valence-corrected chi connectivity index (χ3v) is 3.58. The van der Waals surface area contributed by atoms with Gasteiger partial charge in [-0.25, -0.2) is 0 Å². The maximum absolute atomic E-state index is 12.4. The molecule has 0 heterocycles. The molecule has 0 unspecified atom stereocenters. The molecule has 0 fully saturated rings. The van der Waals surface area contributed by atoms with E-state index in [4.69, 9.17) is 11.6 Å². The Labute approximate surface area is 137 Å². The molecule has 0 aromatic heterocycles. The fourth-order valence-corrected chi connectivity index (χ4v) is 2.15. The summed E-state index contributed by atoms with van der Waals surface area (Å²) < 4.78 is 0. The van der Waals surface area contributed by atoms with Crippen LogP contribution in [-0.4, -0.2) is 10.7 Å². The highest BCUT2D eigenvalue weighted by molar-refractivity contribution is 6.30. The number of carbonyl (C=O) groups excluding carboxylic acids is 1. The van der Waals surface area contributed by atoms with Crippen molar-refractivity contribution in [3.05, 3.63) is 80.4 Å². The van der Waals surface area contributed by atoms with Crippen LogP contribution in [0, 0.1) is 21.4 Å². The van der Waals surface area contributed by atoms with E-state index in [9.17, 15) is 20.2 Å². The molecule has 0 bridgehead atoms. The number of hydrogen-bond acceptors (Lipinski definition) is 4. The zero-order valence-corrected chi connectivity index (χ0v) is 12.9. The second kappa shape index (κ2) is 6.86. The van der Waals surface area contributed by atoms with Gasteiger partial charge in [0.05, 0.1) is 4.92 Å². The number of rotatable bonds is 4. The van der Waals surface area contributed by atoms with E-state index in [0.717, 1.165) is 0 Å². The zero-order valence-electron chi connectivity index (χ0n) is 12.1. The van der Waals surface area contributed by atoms with Crippen LogP contribution in [0.1, 0.15) is 22.8 Å². The van der Waals surface area contributed by atoms with Crippen molar-refractivity contribution in [2.45, 2.75) is 6.92 Å². The average molecular weight is 327 g/mol. The van der Waals surface area contributed by atoms with Crippen molar-refractivity contribution in [1.29, 1.82) is 5.26 Å². The van der Waals surface area contributed by atoms with E-state index >= 15 is 0 Å². The summed E-state index contributed by atoms with van der Waals surface area (Å²) in [6.45, 7) is 1.63. The van der Waals surface area contributed by atoms with Gasteiger partial charge in [-0.2, -0.15) is 5.26 Å². The van der Waals surface area contributed by atoms with Crippen molar-refractivity contribution in [3.63, 3.8) is 0 Å². The lowest BCUT2D eigenvalue weighted by molar-refractivity contribution is -0.384. The van der Waals surface area contributed by atoms with Gasteiger partial charge in [-0.1, -0.05) is 11.6 Å². The molecule has 114 valence electrons. The van der Waals surface area contributed by atoms with Gasteiger partial charge in [0.1, 0.15) is 11.6 Å². The molecule has 0 aliphatic carbocycles. The molecule has 0 atom stereocenters. The standard InChI is InChI=1S/C17H11ClN2O3/c1-11(12-4-8-15(9-5-12)20(22)23)16(10-19)17(21)13-2-6-14(18)7-3-13/h2-9H,1H3/b16-11-. The minimum absolute atomic E-state index is 0.0128. The molecule has 23 heavy (non-hydrogen) atoms. The summed E-state index contributed by atoms with van der Waals surface area (Å²) in [5, 5.41) is 20.5. The van der Waals surface area contributed by atoms with Crippen LogP contribution in [0.25, 0.3) is 5.57 Å². The molecule has 0 aliphatic heterocycles. The van der Waals surface area contributed by atoms with Gasteiger partial charge in [0.2, 0.25) is 5.78 Å². The molecule has 0 spiro atoms. The molecule has 0 aliphatic rings. The van der Waals surface area contributed by atoms with Gasteiger partial charge in [-0.05, 0) is 54.5 Å². The monoisotopic (exact) mass is 326 g/mol. The Morgan fingerprint density at radius 2 is 1.61 bits per heavy atom. The fraction of sp³-hybridized carbons (Fsp3) is 0.0588. The summed E-state index contributed by atoms with van der Waals surface area (Å²) in [6.07, 6.45) is 0. The van der Waals surface area contributed by atoms with Crippen LogP contribution < -0.4 is 0 Å². The number of carbonyl (C=O) groups is 1. The smallest absolute Gasteiger partial charge is 0.269 e. The minimum atomic E-state index is -0.507. The largest absolute Gasteiger partial charge is 0.288 e. The Hall–Kier alpha value is -2.97. The summed E-state index contributed by atoms with van der Waals surface area (Å²) in [5.74, 6) is -0.417. The number of Topliss-reactive ketones (excluding diaryl/α,β-unsaturated/α-hetero) is 1. The van der Waals surface area contributed by atoms with Crippen molar-refractivity contribution < 1.29 is 9.72 Å².